The molecule has 8 nitrogen and oxygen atoms in total. The lowest BCUT2D eigenvalue weighted by Gasteiger charge is -2.26. The Bertz CT molecular complexity index is 1020. The van der Waals surface area contributed by atoms with Gasteiger partial charge in [0, 0.05) is 37.3 Å². The van der Waals surface area contributed by atoms with Gasteiger partial charge in [-0.1, -0.05) is 18.2 Å². The summed E-state index contributed by atoms with van der Waals surface area (Å²) < 4.78 is 31.9. The summed E-state index contributed by atoms with van der Waals surface area (Å²) in [5.74, 6) is -0.378. The van der Waals surface area contributed by atoms with Gasteiger partial charge in [-0.15, -0.1) is 0 Å². The standard InChI is InChI=1S/C21H23N3O5S/c25-20-14-17(15-24(20)18-4-2-1-3-5-18)22-21(26)16-6-8-19(9-7-16)30(27,28)23-10-12-29-13-11-23/h1-9,17H,10-15H2,(H,22,26)/t17-/m1/s1. The van der Waals surface area contributed by atoms with Gasteiger partial charge < -0.3 is 15.0 Å². The van der Waals surface area contributed by atoms with Gasteiger partial charge in [-0.3, -0.25) is 9.59 Å². The molecule has 158 valence electrons. The fraction of sp³-hybridized carbons (Fsp3) is 0.333. The molecule has 0 saturated carbocycles. The number of nitrogens with zero attached hydrogens (tertiary/aromatic N) is 2. The number of hydrogen-bond acceptors (Lipinski definition) is 5. The number of rotatable bonds is 5. The summed E-state index contributed by atoms with van der Waals surface area (Å²) in [6.07, 6.45) is 0.226. The lowest BCUT2D eigenvalue weighted by molar-refractivity contribution is -0.117. The summed E-state index contributed by atoms with van der Waals surface area (Å²) in [5.41, 5.74) is 1.15. The third-order valence-electron chi connectivity index (χ3n) is 5.25. The van der Waals surface area contributed by atoms with E-state index in [9.17, 15) is 18.0 Å². The Balaban J connectivity index is 1.40. The zero-order chi connectivity index (χ0) is 21.1. The van der Waals surface area contributed by atoms with E-state index >= 15 is 0 Å². The van der Waals surface area contributed by atoms with E-state index in [-0.39, 0.29) is 29.2 Å². The van der Waals surface area contributed by atoms with Gasteiger partial charge in [0.1, 0.15) is 0 Å². The number of nitrogens with one attached hydrogen (secondary N) is 1. The van der Waals surface area contributed by atoms with Crippen LogP contribution in [0, 0.1) is 0 Å². The smallest absolute Gasteiger partial charge is 0.251 e. The molecule has 0 unspecified atom stereocenters. The van der Waals surface area contributed by atoms with E-state index in [0.29, 0.717) is 38.4 Å². The lowest BCUT2D eigenvalue weighted by atomic mass is 10.2. The molecule has 2 saturated heterocycles. The van der Waals surface area contributed by atoms with Crippen LogP contribution >= 0.6 is 0 Å². The van der Waals surface area contributed by atoms with Crippen molar-refractivity contribution in [1.29, 1.82) is 0 Å². The SMILES string of the molecule is O=C(N[C@@H]1CC(=O)N(c2ccccc2)C1)c1ccc(S(=O)(=O)N2CCOCC2)cc1. The summed E-state index contributed by atoms with van der Waals surface area (Å²) in [6.45, 7) is 1.79. The summed E-state index contributed by atoms with van der Waals surface area (Å²) >= 11 is 0. The maximum atomic E-state index is 12.7. The first-order valence-corrected chi connectivity index (χ1v) is 11.2. The number of morpholine rings is 1. The highest BCUT2D eigenvalue weighted by atomic mass is 32.2. The Hall–Kier alpha value is -2.75. The molecule has 0 spiro atoms. The number of anilines is 1. The number of sulfonamides is 1. The number of carbonyl (C=O) groups is 2. The van der Waals surface area contributed by atoms with E-state index in [4.69, 9.17) is 4.74 Å². The van der Waals surface area contributed by atoms with Crippen LogP contribution in [0.4, 0.5) is 5.69 Å². The van der Waals surface area contributed by atoms with Gasteiger partial charge in [-0.05, 0) is 36.4 Å². The van der Waals surface area contributed by atoms with Crippen LogP contribution in [0.3, 0.4) is 0 Å². The number of hydrogen-bond donors (Lipinski definition) is 1. The molecule has 2 aromatic carbocycles. The molecule has 30 heavy (non-hydrogen) atoms. The van der Waals surface area contributed by atoms with Crippen molar-refractivity contribution in [2.24, 2.45) is 0 Å². The second-order valence-electron chi connectivity index (χ2n) is 7.26. The first-order chi connectivity index (χ1) is 14.4. The van der Waals surface area contributed by atoms with E-state index in [0.717, 1.165) is 5.69 Å². The zero-order valence-corrected chi connectivity index (χ0v) is 17.2. The van der Waals surface area contributed by atoms with Crippen molar-refractivity contribution in [3.63, 3.8) is 0 Å². The highest BCUT2D eigenvalue weighted by molar-refractivity contribution is 7.89. The van der Waals surface area contributed by atoms with Crippen molar-refractivity contribution in [3.8, 4) is 0 Å². The molecule has 2 fully saturated rings. The maximum absolute atomic E-state index is 12.7. The summed E-state index contributed by atoms with van der Waals surface area (Å²) in [7, 11) is -3.60. The average Bonchev–Trinajstić information content (AvgIpc) is 3.15. The van der Waals surface area contributed by atoms with Crippen LogP contribution in [0.5, 0.6) is 0 Å². The first kappa shape index (κ1) is 20.5. The molecular formula is C21H23N3O5S. The normalized spacial score (nSPS) is 20.3. The number of carbonyl (C=O) groups excluding carboxylic acids is 2. The summed E-state index contributed by atoms with van der Waals surface area (Å²) in [4.78, 5) is 26.7. The predicted molar refractivity (Wildman–Crippen MR) is 111 cm³/mol. The molecule has 2 amide bonds. The highest BCUT2D eigenvalue weighted by Crippen LogP contribution is 2.22. The molecular weight excluding hydrogens is 406 g/mol. The van der Waals surface area contributed by atoms with Crippen LogP contribution in [0.2, 0.25) is 0 Å². The van der Waals surface area contributed by atoms with Crippen molar-refractivity contribution >= 4 is 27.5 Å². The largest absolute Gasteiger partial charge is 0.379 e. The van der Waals surface area contributed by atoms with E-state index in [1.54, 1.807) is 4.90 Å². The van der Waals surface area contributed by atoms with Crippen LogP contribution < -0.4 is 10.2 Å². The van der Waals surface area contributed by atoms with Crippen LogP contribution in [0.15, 0.2) is 59.5 Å². The first-order valence-electron chi connectivity index (χ1n) is 9.79. The molecule has 2 aromatic rings. The van der Waals surface area contributed by atoms with Gasteiger partial charge in [0.2, 0.25) is 15.9 Å². The molecule has 1 N–H and O–H groups in total. The quantitative estimate of drug-likeness (QED) is 0.772. The van der Waals surface area contributed by atoms with E-state index in [1.807, 2.05) is 30.3 Å². The minimum Gasteiger partial charge on any atom is -0.379 e. The number of ether oxygens (including phenoxy) is 1. The van der Waals surface area contributed by atoms with Crippen molar-refractivity contribution in [1.82, 2.24) is 9.62 Å². The summed E-state index contributed by atoms with van der Waals surface area (Å²) in [5, 5.41) is 2.87. The van der Waals surface area contributed by atoms with Crippen LogP contribution in [-0.4, -0.2) is 63.4 Å². The van der Waals surface area contributed by atoms with E-state index in [2.05, 4.69) is 5.32 Å². The molecule has 4 rings (SSSR count). The zero-order valence-electron chi connectivity index (χ0n) is 16.4. The van der Waals surface area contributed by atoms with Gasteiger partial charge in [-0.25, -0.2) is 8.42 Å². The van der Waals surface area contributed by atoms with Crippen LogP contribution in [-0.2, 0) is 19.6 Å². The fourth-order valence-electron chi connectivity index (χ4n) is 3.64. The topological polar surface area (TPSA) is 96.0 Å². The molecule has 0 aromatic heterocycles. The van der Waals surface area contributed by atoms with E-state index in [1.165, 1.54) is 28.6 Å². The molecule has 0 bridgehead atoms. The fourth-order valence-corrected chi connectivity index (χ4v) is 5.05. The van der Waals surface area contributed by atoms with Crippen molar-refractivity contribution in [3.05, 3.63) is 60.2 Å². The van der Waals surface area contributed by atoms with E-state index < -0.39 is 10.0 Å². The number of amides is 2. The molecule has 1 atom stereocenters. The van der Waals surface area contributed by atoms with Gasteiger partial charge >= 0.3 is 0 Å². The predicted octanol–water partition coefficient (Wildman–Crippen LogP) is 1.24. The maximum Gasteiger partial charge on any atom is 0.251 e. The van der Waals surface area contributed by atoms with Gasteiger partial charge in [0.25, 0.3) is 5.91 Å². The third-order valence-corrected chi connectivity index (χ3v) is 7.17. The molecule has 2 aliphatic rings. The third kappa shape index (κ3) is 4.23. The number of benzene rings is 2. The Morgan fingerprint density at radius 2 is 1.67 bits per heavy atom. The molecule has 2 heterocycles. The summed E-state index contributed by atoms with van der Waals surface area (Å²) in [6, 6.07) is 14.9. The second kappa shape index (κ2) is 8.55. The Morgan fingerprint density at radius 1 is 1.00 bits per heavy atom. The highest BCUT2D eigenvalue weighted by Gasteiger charge is 2.32. The Kier molecular flexibility index (Phi) is 5.85. The lowest BCUT2D eigenvalue weighted by Crippen LogP contribution is -2.40. The van der Waals surface area contributed by atoms with Crippen molar-refractivity contribution in [2.75, 3.05) is 37.7 Å². The minimum atomic E-state index is -3.60. The van der Waals surface area contributed by atoms with Crippen molar-refractivity contribution < 1.29 is 22.7 Å². The second-order valence-corrected chi connectivity index (χ2v) is 9.19. The molecule has 2 aliphatic heterocycles. The molecule has 9 heteroatoms. The van der Waals surface area contributed by atoms with Crippen LogP contribution in [0.1, 0.15) is 16.8 Å². The molecule has 0 aliphatic carbocycles. The monoisotopic (exact) mass is 429 g/mol. The molecule has 0 radical (unpaired) electrons. The Labute approximate surface area is 175 Å². The number of para-hydroxylation sites is 1. The van der Waals surface area contributed by atoms with Gasteiger partial charge in [0.15, 0.2) is 0 Å². The van der Waals surface area contributed by atoms with Crippen molar-refractivity contribution in [2.45, 2.75) is 17.4 Å². The van der Waals surface area contributed by atoms with Crippen LogP contribution in [0.25, 0.3) is 0 Å². The average molecular weight is 429 g/mol. The minimum absolute atomic E-state index is 0.0431. The Morgan fingerprint density at radius 3 is 2.33 bits per heavy atom. The van der Waals surface area contributed by atoms with Gasteiger partial charge in [-0.2, -0.15) is 4.31 Å². The van der Waals surface area contributed by atoms with Gasteiger partial charge in [0.05, 0.1) is 24.2 Å².